The van der Waals surface area contributed by atoms with Crippen molar-refractivity contribution < 1.29 is 4.79 Å². The predicted octanol–water partition coefficient (Wildman–Crippen LogP) is 4.18. The number of aromatic nitrogens is 3. The number of amides is 1. The minimum Gasteiger partial charge on any atom is -0.340 e. The average molecular weight is 378 g/mol. The van der Waals surface area contributed by atoms with E-state index >= 15 is 0 Å². The van der Waals surface area contributed by atoms with E-state index in [0.717, 1.165) is 4.47 Å². The number of nitrogens with one attached hydrogen (secondary N) is 1. The third-order valence-electron chi connectivity index (χ3n) is 2.60. The van der Waals surface area contributed by atoms with E-state index in [9.17, 15) is 4.79 Å². The van der Waals surface area contributed by atoms with Crippen molar-refractivity contribution in [3.05, 3.63) is 39.1 Å². The summed E-state index contributed by atoms with van der Waals surface area (Å²) >= 11 is 15.2. The number of hydrogen-bond donors (Lipinski definition) is 1. The molecule has 2 heterocycles. The van der Waals surface area contributed by atoms with Gasteiger partial charge < -0.3 is 9.88 Å². The molecule has 0 fully saturated rings. The molecule has 0 unspecified atom stereocenters. The standard InChI is InChI=1S/C12H11BrCl2N4O/c1-6(2)19-4-7(13)3-8(19)12(20)18-9-10(14)16-5-17-11(9)15/h3-6H,1-2H3,(H,18,20). The van der Waals surface area contributed by atoms with E-state index < -0.39 is 0 Å². The Balaban J connectivity index is 2.34. The first-order chi connectivity index (χ1) is 9.40. The Labute approximate surface area is 134 Å². The third kappa shape index (κ3) is 3.13. The van der Waals surface area contributed by atoms with Crippen LogP contribution in [0.3, 0.4) is 0 Å². The predicted molar refractivity (Wildman–Crippen MR) is 82.5 cm³/mol. The molecule has 0 bridgehead atoms. The molecule has 2 rings (SSSR count). The second-order valence-electron chi connectivity index (χ2n) is 4.33. The topological polar surface area (TPSA) is 59.8 Å². The lowest BCUT2D eigenvalue weighted by atomic mass is 10.3. The van der Waals surface area contributed by atoms with E-state index in [1.165, 1.54) is 6.33 Å². The fourth-order valence-corrected chi connectivity index (χ4v) is 2.53. The molecule has 106 valence electrons. The van der Waals surface area contributed by atoms with E-state index in [1.807, 2.05) is 24.6 Å². The van der Waals surface area contributed by atoms with Gasteiger partial charge in [-0.1, -0.05) is 23.2 Å². The molecule has 1 N–H and O–H groups in total. The zero-order valence-electron chi connectivity index (χ0n) is 10.7. The van der Waals surface area contributed by atoms with Gasteiger partial charge in [-0.25, -0.2) is 9.97 Å². The minimum atomic E-state index is -0.331. The average Bonchev–Trinajstić information content (AvgIpc) is 2.76. The van der Waals surface area contributed by atoms with Crippen molar-refractivity contribution in [3.8, 4) is 0 Å². The molecule has 5 nitrogen and oxygen atoms in total. The van der Waals surface area contributed by atoms with Crippen molar-refractivity contribution in [1.29, 1.82) is 0 Å². The fourth-order valence-electron chi connectivity index (χ4n) is 1.68. The van der Waals surface area contributed by atoms with Gasteiger partial charge in [-0.3, -0.25) is 4.79 Å². The Kier molecular flexibility index (Phi) is 4.67. The van der Waals surface area contributed by atoms with Gasteiger partial charge in [0, 0.05) is 16.7 Å². The van der Waals surface area contributed by atoms with E-state index in [1.54, 1.807) is 6.07 Å². The van der Waals surface area contributed by atoms with Gasteiger partial charge in [0.25, 0.3) is 5.91 Å². The van der Waals surface area contributed by atoms with Crippen LogP contribution in [0.5, 0.6) is 0 Å². The number of carbonyl (C=O) groups excluding carboxylic acids is 1. The van der Waals surface area contributed by atoms with Crippen molar-refractivity contribution >= 4 is 50.7 Å². The van der Waals surface area contributed by atoms with Gasteiger partial charge in [-0.2, -0.15) is 0 Å². The summed E-state index contributed by atoms with van der Waals surface area (Å²) in [4.78, 5) is 19.9. The number of hydrogen-bond acceptors (Lipinski definition) is 3. The molecular weight excluding hydrogens is 367 g/mol. The van der Waals surface area contributed by atoms with Gasteiger partial charge in [0.05, 0.1) is 0 Å². The Bertz CT molecular complexity index is 637. The molecule has 2 aromatic rings. The van der Waals surface area contributed by atoms with Crippen molar-refractivity contribution in [2.45, 2.75) is 19.9 Å². The highest BCUT2D eigenvalue weighted by Gasteiger charge is 2.18. The van der Waals surface area contributed by atoms with Crippen molar-refractivity contribution in [2.75, 3.05) is 5.32 Å². The molecule has 0 aliphatic rings. The lowest BCUT2D eigenvalue weighted by Gasteiger charge is -2.13. The van der Waals surface area contributed by atoms with E-state index in [4.69, 9.17) is 23.2 Å². The fraction of sp³-hybridized carbons (Fsp3) is 0.250. The van der Waals surface area contributed by atoms with Crippen molar-refractivity contribution in [2.24, 2.45) is 0 Å². The van der Waals surface area contributed by atoms with Crippen LogP contribution in [-0.4, -0.2) is 20.4 Å². The molecule has 0 aliphatic carbocycles. The molecule has 1 amide bonds. The lowest BCUT2D eigenvalue weighted by Crippen LogP contribution is -2.18. The minimum absolute atomic E-state index is 0.0973. The Hall–Kier alpha value is -1.11. The van der Waals surface area contributed by atoms with Gasteiger partial charge in [0.15, 0.2) is 10.3 Å². The summed E-state index contributed by atoms with van der Waals surface area (Å²) in [6.07, 6.45) is 3.07. The summed E-state index contributed by atoms with van der Waals surface area (Å²) in [6.45, 7) is 3.96. The van der Waals surface area contributed by atoms with Gasteiger partial charge in [0.2, 0.25) is 0 Å². The Morgan fingerprint density at radius 1 is 1.35 bits per heavy atom. The molecule has 0 spiro atoms. The molecule has 20 heavy (non-hydrogen) atoms. The van der Waals surface area contributed by atoms with E-state index in [0.29, 0.717) is 5.69 Å². The highest BCUT2D eigenvalue weighted by atomic mass is 79.9. The zero-order valence-corrected chi connectivity index (χ0v) is 13.8. The molecular formula is C12H11BrCl2N4O. The monoisotopic (exact) mass is 376 g/mol. The summed E-state index contributed by atoms with van der Waals surface area (Å²) in [7, 11) is 0. The molecule has 2 aromatic heterocycles. The second kappa shape index (κ2) is 6.11. The van der Waals surface area contributed by atoms with Gasteiger partial charge in [-0.05, 0) is 35.8 Å². The SMILES string of the molecule is CC(C)n1cc(Br)cc1C(=O)Nc1c(Cl)ncnc1Cl. The first-order valence-corrected chi connectivity index (χ1v) is 7.29. The lowest BCUT2D eigenvalue weighted by molar-refractivity contribution is 0.101. The number of anilines is 1. The van der Waals surface area contributed by atoms with Crippen LogP contribution in [0.1, 0.15) is 30.4 Å². The van der Waals surface area contributed by atoms with Gasteiger partial charge >= 0.3 is 0 Å². The third-order valence-corrected chi connectivity index (χ3v) is 3.60. The van der Waals surface area contributed by atoms with E-state index in [-0.39, 0.29) is 27.9 Å². The van der Waals surface area contributed by atoms with E-state index in [2.05, 4.69) is 31.2 Å². The van der Waals surface area contributed by atoms with Crippen LogP contribution in [0.2, 0.25) is 10.3 Å². The van der Waals surface area contributed by atoms with Crippen molar-refractivity contribution in [1.82, 2.24) is 14.5 Å². The largest absolute Gasteiger partial charge is 0.340 e. The molecule has 0 saturated heterocycles. The van der Waals surface area contributed by atoms with Crippen LogP contribution in [-0.2, 0) is 0 Å². The van der Waals surface area contributed by atoms with Gasteiger partial charge in [-0.15, -0.1) is 0 Å². The first kappa shape index (κ1) is 15.3. The highest BCUT2D eigenvalue weighted by molar-refractivity contribution is 9.10. The maximum atomic E-state index is 12.3. The van der Waals surface area contributed by atoms with Crippen LogP contribution < -0.4 is 5.32 Å². The summed E-state index contributed by atoms with van der Waals surface area (Å²) in [5.74, 6) is -0.331. The summed E-state index contributed by atoms with van der Waals surface area (Å²) in [6, 6.07) is 1.86. The maximum Gasteiger partial charge on any atom is 0.272 e. The molecule has 0 atom stereocenters. The number of rotatable bonds is 3. The molecule has 0 saturated carbocycles. The Morgan fingerprint density at radius 2 is 1.95 bits per heavy atom. The zero-order chi connectivity index (χ0) is 14.9. The number of carbonyl (C=O) groups is 1. The normalized spacial score (nSPS) is 10.9. The van der Waals surface area contributed by atoms with Crippen LogP contribution in [0.25, 0.3) is 0 Å². The summed E-state index contributed by atoms with van der Waals surface area (Å²) in [5.41, 5.74) is 0.691. The van der Waals surface area contributed by atoms with Crippen LogP contribution in [0.4, 0.5) is 5.69 Å². The quantitative estimate of drug-likeness (QED) is 0.816. The van der Waals surface area contributed by atoms with Crippen LogP contribution >= 0.6 is 39.1 Å². The summed E-state index contributed by atoms with van der Waals surface area (Å²) < 4.78 is 2.66. The second-order valence-corrected chi connectivity index (χ2v) is 5.96. The summed E-state index contributed by atoms with van der Waals surface area (Å²) in [5, 5.41) is 2.83. The highest BCUT2D eigenvalue weighted by Crippen LogP contribution is 2.27. The molecule has 8 heteroatoms. The number of halogens is 3. The number of nitrogens with zero attached hydrogens (tertiary/aromatic N) is 3. The van der Waals surface area contributed by atoms with Gasteiger partial charge in [0.1, 0.15) is 17.7 Å². The molecule has 0 aromatic carbocycles. The maximum absolute atomic E-state index is 12.3. The van der Waals surface area contributed by atoms with Crippen LogP contribution in [0.15, 0.2) is 23.1 Å². The Morgan fingerprint density at radius 3 is 2.50 bits per heavy atom. The van der Waals surface area contributed by atoms with Crippen molar-refractivity contribution in [3.63, 3.8) is 0 Å². The first-order valence-electron chi connectivity index (χ1n) is 5.75. The van der Waals surface area contributed by atoms with Crippen LogP contribution in [0, 0.1) is 0 Å². The smallest absolute Gasteiger partial charge is 0.272 e. The molecule has 0 radical (unpaired) electrons. The molecule has 0 aliphatic heterocycles.